The van der Waals surface area contributed by atoms with Crippen LogP contribution < -0.4 is 0 Å². The Kier molecular flexibility index (Phi) is 3.02. The van der Waals surface area contributed by atoms with Crippen molar-refractivity contribution >= 4 is 0 Å². The van der Waals surface area contributed by atoms with E-state index in [4.69, 9.17) is 5.26 Å². The summed E-state index contributed by atoms with van der Waals surface area (Å²) in [7, 11) is 0. The zero-order chi connectivity index (χ0) is 9.84. The van der Waals surface area contributed by atoms with Crippen LogP contribution in [0.5, 0.6) is 0 Å². The third-order valence-corrected chi connectivity index (χ3v) is 2.01. The van der Waals surface area contributed by atoms with E-state index < -0.39 is 6.17 Å². The molecular formula is C11H12FN. The number of benzene rings is 1. The molecule has 2 heteroatoms. The van der Waals surface area contributed by atoms with Gasteiger partial charge in [0, 0.05) is 5.56 Å². The molecule has 0 saturated heterocycles. The molecule has 68 valence electrons. The van der Waals surface area contributed by atoms with Crippen LogP contribution in [0.1, 0.15) is 37.1 Å². The third-order valence-electron chi connectivity index (χ3n) is 2.01. The normalized spacial score (nSPS) is 12.5. The monoisotopic (exact) mass is 177 g/mol. The fourth-order valence-electron chi connectivity index (χ4n) is 1.12. The van der Waals surface area contributed by atoms with Gasteiger partial charge in [0.25, 0.3) is 0 Å². The molecule has 0 aliphatic rings. The van der Waals surface area contributed by atoms with Crippen LogP contribution in [0, 0.1) is 11.3 Å². The molecule has 0 amide bonds. The Morgan fingerprint density at radius 1 is 1.15 bits per heavy atom. The van der Waals surface area contributed by atoms with E-state index in [1.54, 1.807) is 18.2 Å². The summed E-state index contributed by atoms with van der Waals surface area (Å²) >= 11 is 0. The largest absolute Gasteiger partial charge is 0.226 e. The van der Waals surface area contributed by atoms with Crippen molar-refractivity contribution in [2.24, 2.45) is 0 Å². The lowest BCUT2D eigenvalue weighted by molar-refractivity contribution is 0.424. The van der Waals surface area contributed by atoms with E-state index >= 15 is 0 Å². The lowest BCUT2D eigenvalue weighted by atomic mass is 10.0. The number of halogens is 1. The molecule has 0 aliphatic carbocycles. The summed E-state index contributed by atoms with van der Waals surface area (Å²) in [5, 5.41) is 8.34. The van der Waals surface area contributed by atoms with Crippen molar-refractivity contribution in [3.8, 4) is 6.07 Å². The highest BCUT2D eigenvalue weighted by atomic mass is 19.1. The quantitative estimate of drug-likeness (QED) is 0.679. The van der Waals surface area contributed by atoms with Crippen LogP contribution in [0.4, 0.5) is 4.39 Å². The Hall–Kier alpha value is -1.36. The first kappa shape index (κ1) is 9.73. The summed E-state index contributed by atoms with van der Waals surface area (Å²) in [6.45, 7) is 4.15. The van der Waals surface area contributed by atoms with Gasteiger partial charge in [-0.15, -0.1) is 0 Å². The number of rotatable bonds is 2. The maximum atomic E-state index is 12.8. The van der Waals surface area contributed by atoms with Crippen molar-refractivity contribution in [1.82, 2.24) is 0 Å². The lowest BCUT2D eigenvalue weighted by Gasteiger charge is -2.06. The van der Waals surface area contributed by atoms with E-state index in [2.05, 4.69) is 13.8 Å². The van der Waals surface area contributed by atoms with E-state index in [9.17, 15) is 4.39 Å². The van der Waals surface area contributed by atoms with Gasteiger partial charge in [-0.3, -0.25) is 0 Å². The number of hydrogen-bond donors (Lipinski definition) is 0. The van der Waals surface area contributed by atoms with Crippen LogP contribution in [0.3, 0.4) is 0 Å². The molecule has 0 fully saturated rings. The smallest absolute Gasteiger partial charge is 0.211 e. The van der Waals surface area contributed by atoms with Gasteiger partial charge in [0.05, 0.1) is 0 Å². The van der Waals surface area contributed by atoms with Crippen molar-refractivity contribution < 1.29 is 4.39 Å². The van der Waals surface area contributed by atoms with E-state index in [1.807, 2.05) is 12.1 Å². The molecule has 0 radical (unpaired) electrons. The minimum absolute atomic E-state index is 0.437. The molecule has 1 aromatic rings. The van der Waals surface area contributed by atoms with Crippen molar-refractivity contribution in [1.29, 1.82) is 5.26 Å². The molecule has 1 rings (SSSR count). The third kappa shape index (κ3) is 2.29. The fraction of sp³-hybridized carbons (Fsp3) is 0.364. The van der Waals surface area contributed by atoms with E-state index in [1.165, 1.54) is 0 Å². The summed E-state index contributed by atoms with van der Waals surface area (Å²) in [6, 6.07) is 8.63. The van der Waals surface area contributed by atoms with Crippen molar-refractivity contribution in [3.63, 3.8) is 0 Å². The molecule has 1 nitrogen and oxygen atoms in total. The van der Waals surface area contributed by atoms with Gasteiger partial charge in [-0.05, 0) is 11.5 Å². The first-order valence-corrected chi connectivity index (χ1v) is 4.28. The number of alkyl halides is 1. The maximum Gasteiger partial charge on any atom is 0.211 e. The van der Waals surface area contributed by atoms with E-state index in [0.29, 0.717) is 11.5 Å². The second kappa shape index (κ2) is 4.04. The van der Waals surface area contributed by atoms with Gasteiger partial charge in [-0.2, -0.15) is 5.26 Å². The number of hydrogen-bond acceptors (Lipinski definition) is 1. The van der Waals surface area contributed by atoms with E-state index in [0.717, 1.165) is 5.56 Å². The molecule has 0 aliphatic heterocycles. The summed E-state index contributed by atoms with van der Waals surface area (Å²) in [5.74, 6) is 0.439. The fourth-order valence-corrected chi connectivity index (χ4v) is 1.12. The second-order valence-electron chi connectivity index (χ2n) is 3.31. The molecule has 0 spiro atoms. The molecule has 0 saturated carbocycles. The van der Waals surface area contributed by atoms with Crippen LogP contribution in [0.15, 0.2) is 24.3 Å². The Balaban J connectivity index is 2.89. The van der Waals surface area contributed by atoms with Gasteiger partial charge < -0.3 is 0 Å². The standard InChI is InChI=1S/C11H12FN/c1-8(2)9-3-5-10(6-4-9)11(12)7-13/h3-6,8,11H,1-2H3. The summed E-state index contributed by atoms with van der Waals surface area (Å²) in [5.41, 5.74) is 1.60. The Labute approximate surface area is 77.8 Å². The van der Waals surface area contributed by atoms with Crippen LogP contribution >= 0.6 is 0 Å². The molecule has 13 heavy (non-hydrogen) atoms. The van der Waals surface area contributed by atoms with Crippen LogP contribution in [0.2, 0.25) is 0 Å². The van der Waals surface area contributed by atoms with Crippen LogP contribution in [0.25, 0.3) is 0 Å². The topological polar surface area (TPSA) is 23.8 Å². The second-order valence-corrected chi connectivity index (χ2v) is 3.31. The summed E-state index contributed by atoms with van der Waals surface area (Å²) < 4.78 is 12.8. The predicted molar refractivity (Wildman–Crippen MR) is 50.0 cm³/mol. The number of nitrogens with zero attached hydrogens (tertiary/aromatic N) is 1. The highest BCUT2D eigenvalue weighted by molar-refractivity contribution is 5.28. The van der Waals surface area contributed by atoms with Gasteiger partial charge in [-0.1, -0.05) is 38.1 Å². The Morgan fingerprint density at radius 2 is 1.62 bits per heavy atom. The molecule has 0 aromatic heterocycles. The SMILES string of the molecule is CC(C)c1ccc(C(F)C#N)cc1. The highest BCUT2D eigenvalue weighted by Crippen LogP contribution is 2.20. The average Bonchev–Trinajstić information content (AvgIpc) is 2.17. The van der Waals surface area contributed by atoms with Gasteiger partial charge in [-0.25, -0.2) is 4.39 Å². The molecule has 1 unspecified atom stereocenters. The van der Waals surface area contributed by atoms with Crippen molar-refractivity contribution in [3.05, 3.63) is 35.4 Å². The van der Waals surface area contributed by atoms with Crippen LogP contribution in [-0.4, -0.2) is 0 Å². The maximum absolute atomic E-state index is 12.8. The Bertz CT molecular complexity index is 308. The zero-order valence-electron chi connectivity index (χ0n) is 7.79. The lowest BCUT2D eigenvalue weighted by Crippen LogP contribution is -1.90. The molecule has 0 heterocycles. The summed E-state index contributed by atoms with van der Waals surface area (Å²) in [4.78, 5) is 0. The van der Waals surface area contributed by atoms with Gasteiger partial charge >= 0.3 is 0 Å². The van der Waals surface area contributed by atoms with Gasteiger partial charge in [0.1, 0.15) is 6.07 Å². The summed E-state index contributed by atoms with van der Waals surface area (Å²) in [6.07, 6.45) is -1.50. The van der Waals surface area contributed by atoms with Gasteiger partial charge in [0.2, 0.25) is 6.17 Å². The van der Waals surface area contributed by atoms with Gasteiger partial charge in [0.15, 0.2) is 0 Å². The zero-order valence-corrected chi connectivity index (χ0v) is 7.79. The molecular weight excluding hydrogens is 165 g/mol. The van der Waals surface area contributed by atoms with Crippen molar-refractivity contribution in [2.45, 2.75) is 25.9 Å². The minimum atomic E-state index is -1.50. The average molecular weight is 177 g/mol. The first-order valence-electron chi connectivity index (χ1n) is 4.28. The number of nitriles is 1. The molecule has 0 N–H and O–H groups in total. The van der Waals surface area contributed by atoms with E-state index in [-0.39, 0.29) is 0 Å². The van der Waals surface area contributed by atoms with Crippen LogP contribution in [-0.2, 0) is 0 Å². The van der Waals surface area contributed by atoms with Crippen molar-refractivity contribution in [2.75, 3.05) is 0 Å². The minimum Gasteiger partial charge on any atom is -0.226 e. The molecule has 0 bridgehead atoms. The highest BCUT2D eigenvalue weighted by Gasteiger charge is 2.07. The molecule has 1 atom stereocenters. The Morgan fingerprint density at radius 3 is 2.00 bits per heavy atom. The first-order chi connectivity index (χ1) is 6.15. The predicted octanol–water partition coefficient (Wildman–Crippen LogP) is 3.34. The molecule has 1 aromatic carbocycles.